The number of esters is 1. The predicted octanol–water partition coefficient (Wildman–Crippen LogP) is 0.483. The number of rotatable bonds is 2. The van der Waals surface area contributed by atoms with Crippen LogP contribution in [-0.4, -0.2) is 15.5 Å². The lowest BCUT2D eigenvalue weighted by Gasteiger charge is -2.00. The summed E-state index contributed by atoms with van der Waals surface area (Å²) < 4.78 is 6.58. The molecule has 0 aliphatic carbocycles. The van der Waals surface area contributed by atoms with Crippen molar-refractivity contribution in [2.45, 2.75) is 13.5 Å². The number of hydrogen-bond acceptors (Lipinski definition) is 3. The van der Waals surface area contributed by atoms with Crippen LogP contribution in [0.5, 0.6) is 0 Å². The topological polar surface area (TPSA) is 44.1 Å². The Balaban J connectivity index is 2.51. The molecule has 0 saturated carbocycles. The van der Waals surface area contributed by atoms with Crippen molar-refractivity contribution in [3.05, 3.63) is 18.2 Å². The summed E-state index contributed by atoms with van der Waals surface area (Å²) in [6.45, 7) is 1.68. The summed E-state index contributed by atoms with van der Waals surface area (Å²) in [6.07, 6.45) is 3.34. The first kappa shape index (κ1) is 7.78. The number of carbonyl (C=O) groups is 1. The molecule has 11 heavy (non-hydrogen) atoms. The maximum atomic E-state index is 10.4. The minimum Gasteiger partial charge on any atom is -0.459 e. The van der Waals surface area contributed by atoms with Crippen molar-refractivity contribution in [3.63, 3.8) is 0 Å². The van der Waals surface area contributed by atoms with Gasteiger partial charge in [-0.2, -0.15) is 0 Å². The fourth-order valence-electron chi connectivity index (χ4n) is 0.699. The van der Waals surface area contributed by atoms with Crippen LogP contribution in [0.15, 0.2) is 12.5 Å². The van der Waals surface area contributed by atoms with Crippen molar-refractivity contribution in [3.8, 4) is 0 Å². The molecule has 0 fully saturated rings. The number of hydrogen-bond donors (Lipinski definition) is 0. The van der Waals surface area contributed by atoms with Gasteiger partial charge in [0.05, 0.1) is 18.2 Å². The zero-order chi connectivity index (χ0) is 8.27. The van der Waals surface area contributed by atoms with Crippen molar-refractivity contribution in [1.82, 2.24) is 9.55 Å². The fraction of sp³-hybridized carbons (Fsp3) is 0.429. The van der Waals surface area contributed by atoms with E-state index in [2.05, 4.69) is 4.98 Å². The summed E-state index contributed by atoms with van der Waals surface area (Å²) in [6, 6.07) is 0. The summed E-state index contributed by atoms with van der Waals surface area (Å²) in [4.78, 5) is 14.3. The third kappa shape index (κ3) is 2.07. The Morgan fingerprint density at radius 3 is 3.00 bits per heavy atom. The van der Waals surface area contributed by atoms with Crippen LogP contribution in [0.1, 0.15) is 12.6 Å². The molecule has 1 heterocycles. The van der Waals surface area contributed by atoms with Crippen LogP contribution in [0.4, 0.5) is 0 Å². The molecule has 0 unspecified atom stereocenters. The van der Waals surface area contributed by atoms with E-state index in [9.17, 15) is 4.79 Å². The van der Waals surface area contributed by atoms with Gasteiger partial charge in [0.2, 0.25) is 0 Å². The molecule has 0 N–H and O–H groups in total. The lowest BCUT2D eigenvalue weighted by molar-refractivity contribution is -0.142. The van der Waals surface area contributed by atoms with Gasteiger partial charge in [-0.15, -0.1) is 0 Å². The maximum Gasteiger partial charge on any atom is 0.303 e. The highest BCUT2D eigenvalue weighted by atomic mass is 16.5. The monoisotopic (exact) mass is 154 g/mol. The average molecular weight is 154 g/mol. The van der Waals surface area contributed by atoms with Gasteiger partial charge in [-0.05, 0) is 0 Å². The van der Waals surface area contributed by atoms with E-state index in [1.54, 1.807) is 12.5 Å². The van der Waals surface area contributed by atoms with Gasteiger partial charge in [-0.1, -0.05) is 0 Å². The molecule has 0 atom stereocenters. The largest absolute Gasteiger partial charge is 0.459 e. The van der Waals surface area contributed by atoms with Gasteiger partial charge in [0.25, 0.3) is 0 Å². The molecule has 1 aromatic rings. The van der Waals surface area contributed by atoms with Gasteiger partial charge in [0.15, 0.2) is 0 Å². The maximum absolute atomic E-state index is 10.4. The van der Waals surface area contributed by atoms with Crippen molar-refractivity contribution in [1.29, 1.82) is 0 Å². The third-order valence-corrected chi connectivity index (χ3v) is 1.34. The zero-order valence-corrected chi connectivity index (χ0v) is 6.57. The summed E-state index contributed by atoms with van der Waals surface area (Å²) in [5, 5.41) is 0. The van der Waals surface area contributed by atoms with E-state index in [0.717, 1.165) is 5.69 Å². The first-order chi connectivity index (χ1) is 5.20. The highest BCUT2D eigenvalue weighted by Crippen LogP contribution is 1.97. The summed E-state index contributed by atoms with van der Waals surface area (Å²) in [7, 11) is 1.85. The van der Waals surface area contributed by atoms with E-state index in [0.29, 0.717) is 6.61 Å². The molecule has 0 spiro atoms. The minimum absolute atomic E-state index is 0.272. The molecule has 1 aromatic heterocycles. The lowest BCUT2D eigenvalue weighted by atomic mass is 10.5. The Morgan fingerprint density at radius 2 is 2.55 bits per heavy atom. The van der Waals surface area contributed by atoms with E-state index in [-0.39, 0.29) is 5.97 Å². The summed E-state index contributed by atoms with van der Waals surface area (Å²) in [5.74, 6) is -0.272. The van der Waals surface area contributed by atoms with Crippen molar-refractivity contribution >= 4 is 5.97 Å². The second kappa shape index (κ2) is 3.18. The van der Waals surface area contributed by atoms with Crippen molar-refractivity contribution in [2.24, 2.45) is 7.05 Å². The van der Waals surface area contributed by atoms with Crippen LogP contribution in [0.3, 0.4) is 0 Å². The van der Waals surface area contributed by atoms with Crippen LogP contribution in [-0.2, 0) is 23.2 Å². The normalized spacial score (nSPS) is 9.64. The van der Waals surface area contributed by atoms with Gasteiger partial charge >= 0.3 is 5.97 Å². The van der Waals surface area contributed by atoms with Crippen LogP contribution >= 0.6 is 0 Å². The number of imidazole rings is 1. The molecular weight excluding hydrogens is 144 g/mol. The molecule has 0 saturated heterocycles. The second-order valence-electron chi connectivity index (χ2n) is 2.28. The van der Waals surface area contributed by atoms with E-state index in [1.165, 1.54) is 6.92 Å². The first-order valence-electron chi connectivity index (χ1n) is 3.28. The predicted molar refractivity (Wildman–Crippen MR) is 38.7 cm³/mol. The molecule has 1 rings (SSSR count). The molecule has 60 valence electrons. The number of ether oxygens (including phenoxy) is 1. The van der Waals surface area contributed by atoms with Crippen LogP contribution in [0, 0.1) is 0 Å². The van der Waals surface area contributed by atoms with Crippen LogP contribution in [0.2, 0.25) is 0 Å². The highest BCUT2D eigenvalue weighted by molar-refractivity contribution is 5.65. The van der Waals surface area contributed by atoms with Gasteiger partial charge in [-0.3, -0.25) is 4.79 Å². The quantitative estimate of drug-likeness (QED) is 0.582. The Labute approximate surface area is 64.8 Å². The summed E-state index contributed by atoms with van der Waals surface area (Å²) >= 11 is 0. The van der Waals surface area contributed by atoms with E-state index in [4.69, 9.17) is 4.74 Å². The fourth-order valence-corrected chi connectivity index (χ4v) is 0.699. The lowest BCUT2D eigenvalue weighted by Crippen LogP contribution is -2.02. The SMILES string of the molecule is CC(=O)OCc1cncn1C. The Bertz CT molecular complexity index is 255. The molecule has 0 amide bonds. The standard InChI is InChI=1S/C7H10N2O2/c1-6(10)11-4-7-3-8-5-9(7)2/h3,5H,4H2,1-2H3. The molecule has 4 heteroatoms. The molecule has 0 radical (unpaired) electrons. The first-order valence-corrected chi connectivity index (χ1v) is 3.28. The smallest absolute Gasteiger partial charge is 0.303 e. The number of aromatic nitrogens is 2. The van der Waals surface area contributed by atoms with Gasteiger partial charge in [0.1, 0.15) is 6.61 Å². The van der Waals surface area contributed by atoms with Crippen molar-refractivity contribution in [2.75, 3.05) is 0 Å². The number of carbonyl (C=O) groups excluding carboxylic acids is 1. The average Bonchev–Trinajstić information content (AvgIpc) is 2.31. The van der Waals surface area contributed by atoms with E-state index in [1.807, 2.05) is 11.6 Å². The molecule has 0 aliphatic rings. The third-order valence-electron chi connectivity index (χ3n) is 1.34. The van der Waals surface area contributed by atoms with Gasteiger partial charge < -0.3 is 9.30 Å². The van der Waals surface area contributed by atoms with Crippen LogP contribution < -0.4 is 0 Å². The molecule has 0 aliphatic heterocycles. The zero-order valence-electron chi connectivity index (χ0n) is 6.57. The second-order valence-corrected chi connectivity index (χ2v) is 2.28. The van der Waals surface area contributed by atoms with Gasteiger partial charge in [-0.25, -0.2) is 4.98 Å². The van der Waals surface area contributed by atoms with E-state index < -0.39 is 0 Å². The minimum atomic E-state index is -0.272. The van der Waals surface area contributed by atoms with E-state index >= 15 is 0 Å². The molecule has 0 aromatic carbocycles. The highest BCUT2D eigenvalue weighted by Gasteiger charge is 1.99. The molecular formula is C7H10N2O2. The summed E-state index contributed by atoms with van der Waals surface area (Å²) in [5.41, 5.74) is 0.889. The number of nitrogens with zero attached hydrogens (tertiary/aromatic N) is 2. The Kier molecular flexibility index (Phi) is 2.25. The van der Waals surface area contributed by atoms with Crippen LogP contribution in [0.25, 0.3) is 0 Å². The van der Waals surface area contributed by atoms with Gasteiger partial charge in [0, 0.05) is 14.0 Å². The molecule has 4 nitrogen and oxygen atoms in total. The Morgan fingerprint density at radius 1 is 1.82 bits per heavy atom. The molecule has 0 bridgehead atoms. The number of aryl methyl sites for hydroxylation is 1. The van der Waals surface area contributed by atoms with Crippen molar-refractivity contribution < 1.29 is 9.53 Å². The Hall–Kier alpha value is -1.32.